The molecule has 70 valence electrons. The maximum atomic E-state index is 10.9. The monoisotopic (exact) mass is 170 g/mol. The van der Waals surface area contributed by atoms with Gasteiger partial charge < -0.3 is 4.74 Å². The minimum Gasteiger partial charge on any atom is -0.462 e. The van der Waals surface area contributed by atoms with E-state index in [1.165, 1.54) is 0 Å². The van der Waals surface area contributed by atoms with Crippen LogP contribution in [0.4, 0.5) is 0 Å². The molecule has 0 amide bonds. The molecule has 0 spiro atoms. The van der Waals surface area contributed by atoms with E-state index in [2.05, 4.69) is 20.8 Å². The number of hydrogen-bond donors (Lipinski definition) is 0. The summed E-state index contributed by atoms with van der Waals surface area (Å²) in [5.41, 5.74) is 0.250. The molecule has 2 atom stereocenters. The Morgan fingerprint density at radius 2 is 2.00 bits per heavy atom. The van der Waals surface area contributed by atoms with Crippen LogP contribution in [0.25, 0.3) is 0 Å². The highest BCUT2D eigenvalue weighted by molar-refractivity contribution is 5.70. The van der Waals surface area contributed by atoms with E-state index in [0.717, 1.165) is 6.42 Å². The number of rotatable bonds is 0. The van der Waals surface area contributed by atoms with Gasteiger partial charge >= 0.3 is 5.97 Å². The first-order valence-corrected chi connectivity index (χ1v) is 4.61. The minimum atomic E-state index is -0.0389. The Labute approximate surface area is 74.3 Å². The molecule has 2 unspecified atom stereocenters. The predicted octanol–water partition coefficient (Wildman–Crippen LogP) is 2.37. The summed E-state index contributed by atoms with van der Waals surface area (Å²) in [6.45, 7) is 8.60. The van der Waals surface area contributed by atoms with Crippen molar-refractivity contribution in [1.29, 1.82) is 0 Å². The molecule has 0 bridgehead atoms. The fourth-order valence-electron chi connectivity index (χ4n) is 1.99. The number of carbonyl (C=O) groups is 1. The van der Waals surface area contributed by atoms with Crippen LogP contribution in [-0.4, -0.2) is 12.1 Å². The van der Waals surface area contributed by atoms with Gasteiger partial charge in [-0.15, -0.1) is 0 Å². The first-order chi connectivity index (χ1) is 5.41. The standard InChI is InChI=1S/C10H18O2/c1-7-8(10(2,3)4)5-6-9(11)12-7/h7-8H,5-6H2,1-4H3. The highest BCUT2D eigenvalue weighted by atomic mass is 16.5. The van der Waals surface area contributed by atoms with Crippen molar-refractivity contribution in [2.45, 2.75) is 46.6 Å². The number of cyclic esters (lactones) is 1. The van der Waals surface area contributed by atoms with Crippen molar-refractivity contribution >= 4 is 5.97 Å². The van der Waals surface area contributed by atoms with Crippen LogP contribution >= 0.6 is 0 Å². The highest BCUT2D eigenvalue weighted by Gasteiger charge is 2.35. The molecular weight excluding hydrogens is 152 g/mol. The number of esters is 1. The van der Waals surface area contributed by atoms with E-state index in [0.29, 0.717) is 12.3 Å². The molecule has 1 rings (SSSR count). The summed E-state index contributed by atoms with van der Waals surface area (Å²) in [5, 5.41) is 0. The minimum absolute atomic E-state index is 0.0389. The number of ether oxygens (including phenoxy) is 1. The maximum absolute atomic E-state index is 10.9. The van der Waals surface area contributed by atoms with Gasteiger partial charge in [0, 0.05) is 12.3 Å². The van der Waals surface area contributed by atoms with Gasteiger partial charge in [-0.1, -0.05) is 20.8 Å². The Bertz CT molecular complexity index is 179. The molecule has 1 aliphatic heterocycles. The summed E-state index contributed by atoms with van der Waals surface area (Å²) in [4.78, 5) is 10.9. The first-order valence-electron chi connectivity index (χ1n) is 4.61. The van der Waals surface area contributed by atoms with Crippen LogP contribution in [0.5, 0.6) is 0 Å². The molecule has 0 aliphatic carbocycles. The molecule has 0 aromatic rings. The average Bonchev–Trinajstić information content (AvgIpc) is 1.83. The molecule has 2 heteroatoms. The van der Waals surface area contributed by atoms with Crippen molar-refractivity contribution in [2.24, 2.45) is 11.3 Å². The van der Waals surface area contributed by atoms with Crippen molar-refractivity contribution in [2.75, 3.05) is 0 Å². The zero-order valence-corrected chi connectivity index (χ0v) is 8.39. The second-order valence-electron chi connectivity index (χ2n) is 4.71. The van der Waals surface area contributed by atoms with E-state index in [9.17, 15) is 4.79 Å². The topological polar surface area (TPSA) is 26.3 Å². The third kappa shape index (κ3) is 1.99. The SMILES string of the molecule is CC1OC(=O)CCC1C(C)(C)C. The number of hydrogen-bond acceptors (Lipinski definition) is 2. The summed E-state index contributed by atoms with van der Waals surface area (Å²) in [6, 6.07) is 0. The van der Waals surface area contributed by atoms with Crippen molar-refractivity contribution in [3.8, 4) is 0 Å². The lowest BCUT2D eigenvalue weighted by Crippen LogP contribution is -2.37. The largest absolute Gasteiger partial charge is 0.462 e. The third-order valence-electron chi connectivity index (χ3n) is 2.66. The molecular formula is C10H18O2. The van der Waals surface area contributed by atoms with Gasteiger partial charge in [0.2, 0.25) is 0 Å². The van der Waals surface area contributed by atoms with Crippen molar-refractivity contribution < 1.29 is 9.53 Å². The van der Waals surface area contributed by atoms with Crippen LogP contribution in [0.3, 0.4) is 0 Å². The van der Waals surface area contributed by atoms with Gasteiger partial charge in [0.1, 0.15) is 6.10 Å². The van der Waals surface area contributed by atoms with Crippen molar-refractivity contribution in [1.82, 2.24) is 0 Å². The molecule has 0 radical (unpaired) electrons. The van der Waals surface area contributed by atoms with Crippen LogP contribution in [0.1, 0.15) is 40.5 Å². The van der Waals surface area contributed by atoms with E-state index in [1.54, 1.807) is 0 Å². The lowest BCUT2D eigenvalue weighted by atomic mass is 9.74. The molecule has 12 heavy (non-hydrogen) atoms. The van der Waals surface area contributed by atoms with Gasteiger partial charge in [0.05, 0.1) is 0 Å². The van der Waals surface area contributed by atoms with Crippen LogP contribution in [-0.2, 0) is 9.53 Å². The molecule has 1 aliphatic rings. The third-order valence-corrected chi connectivity index (χ3v) is 2.66. The highest BCUT2D eigenvalue weighted by Crippen LogP contribution is 2.36. The number of carbonyl (C=O) groups excluding carboxylic acids is 1. The van der Waals surface area contributed by atoms with Gasteiger partial charge in [-0.25, -0.2) is 0 Å². The Morgan fingerprint density at radius 3 is 2.42 bits per heavy atom. The second-order valence-corrected chi connectivity index (χ2v) is 4.71. The lowest BCUT2D eigenvalue weighted by Gasteiger charge is -2.37. The summed E-state index contributed by atoms with van der Waals surface area (Å²) in [6.07, 6.45) is 1.65. The van der Waals surface area contributed by atoms with Gasteiger partial charge in [0.25, 0.3) is 0 Å². The Kier molecular flexibility index (Phi) is 2.45. The van der Waals surface area contributed by atoms with Crippen LogP contribution in [0, 0.1) is 11.3 Å². The van der Waals surface area contributed by atoms with Gasteiger partial charge in [-0.05, 0) is 18.8 Å². The summed E-state index contributed by atoms with van der Waals surface area (Å²) in [5.74, 6) is 0.471. The lowest BCUT2D eigenvalue weighted by molar-refractivity contribution is -0.160. The Morgan fingerprint density at radius 1 is 1.42 bits per heavy atom. The molecule has 0 aromatic heterocycles. The Hall–Kier alpha value is -0.530. The van der Waals surface area contributed by atoms with E-state index >= 15 is 0 Å². The first kappa shape index (κ1) is 9.56. The Balaban J connectivity index is 2.62. The fourth-order valence-corrected chi connectivity index (χ4v) is 1.99. The van der Waals surface area contributed by atoms with E-state index in [4.69, 9.17) is 4.74 Å². The molecule has 1 fully saturated rings. The summed E-state index contributed by atoms with van der Waals surface area (Å²) in [7, 11) is 0. The van der Waals surface area contributed by atoms with Crippen LogP contribution < -0.4 is 0 Å². The van der Waals surface area contributed by atoms with E-state index < -0.39 is 0 Å². The quantitative estimate of drug-likeness (QED) is 0.522. The maximum Gasteiger partial charge on any atom is 0.306 e. The zero-order chi connectivity index (χ0) is 9.35. The van der Waals surface area contributed by atoms with Crippen molar-refractivity contribution in [3.63, 3.8) is 0 Å². The second kappa shape index (κ2) is 3.08. The predicted molar refractivity (Wildman–Crippen MR) is 47.7 cm³/mol. The average molecular weight is 170 g/mol. The van der Waals surface area contributed by atoms with Crippen LogP contribution in [0.2, 0.25) is 0 Å². The molecule has 2 nitrogen and oxygen atoms in total. The molecule has 0 saturated carbocycles. The zero-order valence-electron chi connectivity index (χ0n) is 8.39. The molecule has 1 saturated heterocycles. The van der Waals surface area contributed by atoms with Crippen LogP contribution in [0.15, 0.2) is 0 Å². The smallest absolute Gasteiger partial charge is 0.306 e. The molecule has 1 heterocycles. The fraction of sp³-hybridized carbons (Fsp3) is 0.900. The van der Waals surface area contributed by atoms with Gasteiger partial charge in [0.15, 0.2) is 0 Å². The van der Waals surface area contributed by atoms with Gasteiger partial charge in [-0.3, -0.25) is 4.79 Å². The molecule has 0 N–H and O–H groups in total. The molecule has 0 aromatic carbocycles. The van der Waals surface area contributed by atoms with E-state index in [-0.39, 0.29) is 17.5 Å². The summed E-state index contributed by atoms with van der Waals surface area (Å²) >= 11 is 0. The normalized spacial score (nSPS) is 31.5. The van der Waals surface area contributed by atoms with Crippen molar-refractivity contribution in [3.05, 3.63) is 0 Å². The summed E-state index contributed by atoms with van der Waals surface area (Å²) < 4.78 is 5.19. The van der Waals surface area contributed by atoms with E-state index in [1.807, 2.05) is 6.92 Å². The van der Waals surface area contributed by atoms with Gasteiger partial charge in [-0.2, -0.15) is 0 Å².